The fraction of sp³-hybridized carbons (Fsp3) is 0. The zero-order valence-corrected chi connectivity index (χ0v) is 7.84. The lowest BCUT2D eigenvalue weighted by atomic mass is 10.3. The summed E-state index contributed by atoms with van der Waals surface area (Å²) in [6.45, 7) is 0. The van der Waals surface area contributed by atoms with Crippen molar-refractivity contribution in [2.24, 2.45) is 5.73 Å². The Morgan fingerprint density at radius 3 is 2.27 bits per heavy atom. The second kappa shape index (κ2) is 4.80. The van der Waals surface area contributed by atoms with Gasteiger partial charge in [0.2, 0.25) is 5.91 Å². The second-order valence-corrected chi connectivity index (χ2v) is 2.73. The molecule has 0 fully saturated rings. The van der Waals surface area contributed by atoms with Crippen LogP contribution < -0.4 is 16.2 Å². The van der Waals surface area contributed by atoms with Gasteiger partial charge in [0.15, 0.2) is 0 Å². The highest BCUT2D eigenvalue weighted by atomic mass is 16.5. The van der Waals surface area contributed by atoms with E-state index in [2.05, 4.69) is 0 Å². The molecule has 0 radical (unpaired) electrons. The van der Waals surface area contributed by atoms with E-state index in [1.165, 1.54) is 0 Å². The molecular weight excluding hydrogens is 196 g/mol. The highest BCUT2D eigenvalue weighted by molar-refractivity contribution is 5.94. The molecule has 15 heavy (non-hydrogen) atoms. The number of carbonyl (C=O) groups excluding carboxylic acids is 2. The Bertz CT molecular complexity index is 396. The van der Waals surface area contributed by atoms with Gasteiger partial charge in [0.25, 0.3) is 0 Å². The quantitative estimate of drug-likeness (QED) is 0.320. The number of primary amides is 1. The third-order valence-electron chi connectivity index (χ3n) is 1.48. The average molecular weight is 206 g/mol. The summed E-state index contributed by atoms with van der Waals surface area (Å²) >= 11 is 0. The number of carbonyl (C=O) groups is 2. The van der Waals surface area contributed by atoms with Gasteiger partial charge in [0.1, 0.15) is 5.75 Å². The van der Waals surface area contributed by atoms with Crippen LogP contribution in [0.1, 0.15) is 0 Å². The van der Waals surface area contributed by atoms with Crippen LogP contribution in [-0.2, 0) is 9.59 Å². The number of rotatable bonds is 3. The Kier molecular flexibility index (Phi) is 3.45. The molecule has 1 amide bonds. The minimum Gasteiger partial charge on any atom is -0.423 e. The molecule has 0 bridgehead atoms. The lowest BCUT2D eigenvalue weighted by Gasteiger charge is -2.00. The summed E-state index contributed by atoms with van der Waals surface area (Å²) in [5, 5.41) is 0. The van der Waals surface area contributed by atoms with E-state index in [9.17, 15) is 9.59 Å². The summed E-state index contributed by atoms with van der Waals surface area (Å²) in [5.41, 5.74) is 10.8. The molecular formula is C10H10N2O3. The number of ether oxygens (including phenoxy) is 1. The fourth-order valence-electron chi connectivity index (χ4n) is 0.836. The first kappa shape index (κ1) is 10.8. The van der Waals surface area contributed by atoms with Crippen molar-refractivity contribution in [3.63, 3.8) is 0 Å². The van der Waals surface area contributed by atoms with Crippen molar-refractivity contribution < 1.29 is 14.3 Å². The Morgan fingerprint density at radius 1 is 1.13 bits per heavy atom. The molecule has 78 valence electrons. The molecule has 0 unspecified atom stereocenters. The van der Waals surface area contributed by atoms with Crippen LogP contribution in [0.4, 0.5) is 5.69 Å². The number of hydrogen-bond donors (Lipinski definition) is 2. The number of nitrogens with two attached hydrogens (primary N) is 2. The molecule has 0 spiro atoms. The van der Waals surface area contributed by atoms with Gasteiger partial charge in [-0.3, -0.25) is 4.79 Å². The van der Waals surface area contributed by atoms with Gasteiger partial charge in [-0.2, -0.15) is 0 Å². The van der Waals surface area contributed by atoms with Crippen molar-refractivity contribution >= 4 is 17.6 Å². The van der Waals surface area contributed by atoms with Crippen molar-refractivity contribution in [3.05, 3.63) is 36.4 Å². The van der Waals surface area contributed by atoms with Crippen LogP contribution in [0.15, 0.2) is 36.4 Å². The van der Waals surface area contributed by atoms with E-state index < -0.39 is 11.9 Å². The number of benzene rings is 1. The summed E-state index contributed by atoms with van der Waals surface area (Å²) in [4.78, 5) is 21.4. The van der Waals surface area contributed by atoms with Crippen LogP contribution in [0.2, 0.25) is 0 Å². The topological polar surface area (TPSA) is 95.4 Å². The zero-order chi connectivity index (χ0) is 11.3. The van der Waals surface area contributed by atoms with Gasteiger partial charge in [-0.05, 0) is 24.3 Å². The minimum absolute atomic E-state index is 0.350. The maximum absolute atomic E-state index is 11.1. The van der Waals surface area contributed by atoms with Crippen LogP contribution in [0.5, 0.6) is 5.75 Å². The van der Waals surface area contributed by atoms with Crippen molar-refractivity contribution in [2.45, 2.75) is 0 Å². The van der Waals surface area contributed by atoms with Crippen LogP contribution in [-0.4, -0.2) is 11.9 Å². The summed E-state index contributed by atoms with van der Waals surface area (Å²) < 4.78 is 4.83. The van der Waals surface area contributed by atoms with Crippen molar-refractivity contribution in [1.29, 1.82) is 0 Å². The molecule has 0 saturated heterocycles. The van der Waals surface area contributed by atoms with Gasteiger partial charge in [-0.1, -0.05) is 0 Å². The van der Waals surface area contributed by atoms with Gasteiger partial charge in [0, 0.05) is 17.8 Å². The molecule has 1 rings (SSSR count). The largest absolute Gasteiger partial charge is 0.423 e. The standard InChI is InChI=1S/C10H10N2O3/c11-7-1-3-8(4-2-7)15-10(14)6-5-9(12)13/h1-6H,11H2,(H2,12,13)/b6-5-. The van der Waals surface area contributed by atoms with E-state index in [4.69, 9.17) is 16.2 Å². The van der Waals surface area contributed by atoms with E-state index in [0.29, 0.717) is 11.4 Å². The summed E-state index contributed by atoms with van der Waals surface area (Å²) in [7, 11) is 0. The molecule has 0 saturated carbocycles. The second-order valence-electron chi connectivity index (χ2n) is 2.73. The van der Waals surface area contributed by atoms with Gasteiger partial charge < -0.3 is 16.2 Å². The van der Waals surface area contributed by atoms with Crippen molar-refractivity contribution in [2.75, 3.05) is 5.73 Å². The first-order valence-electron chi connectivity index (χ1n) is 4.13. The molecule has 0 aliphatic heterocycles. The zero-order valence-electron chi connectivity index (χ0n) is 7.84. The smallest absolute Gasteiger partial charge is 0.336 e. The van der Waals surface area contributed by atoms with Crippen molar-refractivity contribution in [1.82, 2.24) is 0 Å². The average Bonchev–Trinajstić information content (AvgIpc) is 2.19. The van der Waals surface area contributed by atoms with Gasteiger partial charge in [0.05, 0.1) is 0 Å². The van der Waals surface area contributed by atoms with Crippen LogP contribution in [0.25, 0.3) is 0 Å². The lowest BCUT2D eigenvalue weighted by Crippen LogP contribution is -2.09. The number of amides is 1. The normalized spacial score (nSPS) is 10.1. The molecule has 5 nitrogen and oxygen atoms in total. The number of esters is 1. The Hall–Kier alpha value is -2.30. The van der Waals surface area contributed by atoms with E-state index >= 15 is 0 Å². The van der Waals surface area contributed by atoms with E-state index in [1.54, 1.807) is 24.3 Å². The monoisotopic (exact) mass is 206 g/mol. The maximum atomic E-state index is 11.1. The minimum atomic E-state index is -0.704. The van der Waals surface area contributed by atoms with E-state index in [0.717, 1.165) is 12.2 Å². The molecule has 0 aromatic heterocycles. The number of anilines is 1. The third-order valence-corrected chi connectivity index (χ3v) is 1.48. The van der Waals surface area contributed by atoms with Gasteiger partial charge in [-0.25, -0.2) is 4.79 Å². The lowest BCUT2D eigenvalue weighted by molar-refractivity contribution is -0.129. The molecule has 5 heteroatoms. The molecule has 0 atom stereocenters. The first-order chi connectivity index (χ1) is 7.08. The SMILES string of the molecule is NC(=O)/C=C\C(=O)Oc1ccc(N)cc1. The Morgan fingerprint density at radius 2 is 1.73 bits per heavy atom. The maximum Gasteiger partial charge on any atom is 0.336 e. The molecule has 0 heterocycles. The third kappa shape index (κ3) is 3.95. The predicted molar refractivity (Wildman–Crippen MR) is 54.8 cm³/mol. The van der Waals surface area contributed by atoms with Crippen LogP contribution in [0, 0.1) is 0 Å². The highest BCUT2D eigenvalue weighted by Crippen LogP contribution is 2.13. The van der Waals surface area contributed by atoms with Crippen LogP contribution in [0.3, 0.4) is 0 Å². The molecule has 1 aromatic carbocycles. The molecule has 1 aromatic rings. The summed E-state index contributed by atoms with van der Waals surface area (Å²) in [5.74, 6) is -1.02. The van der Waals surface area contributed by atoms with Gasteiger partial charge >= 0.3 is 5.97 Å². The Labute approximate surface area is 86.3 Å². The number of hydrogen-bond acceptors (Lipinski definition) is 4. The fourth-order valence-corrected chi connectivity index (χ4v) is 0.836. The highest BCUT2D eigenvalue weighted by Gasteiger charge is 2.00. The van der Waals surface area contributed by atoms with E-state index in [1.807, 2.05) is 0 Å². The van der Waals surface area contributed by atoms with Crippen molar-refractivity contribution in [3.8, 4) is 5.75 Å². The van der Waals surface area contributed by atoms with Gasteiger partial charge in [-0.15, -0.1) is 0 Å². The summed E-state index contributed by atoms with van der Waals surface area (Å²) in [6, 6.07) is 6.29. The molecule has 0 aliphatic rings. The summed E-state index contributed by atoms with van der Waals surface area (Å²) in [6.07, 6.45) is 1.89. The predicted octanol–water partition coefficient (Wildman–Crippen LogP) is 0.216. The van der Waals surface area contributed by atoms with Crippen LogP contribution >= 0.6 is 0 Å². The Balaban J connectivity index is 2.59. The van der Waals surface area contributed by atoms with E-state index in [-0.39, 0.29) is 0 Å². The first-order valence-corrected chi connectivity index (χ1v) is 4.13. The molecule has 4 N–H and O–H groups in total. The molecule has 0 aliphatic carbocycles. The number of nitrogen functional groups attached to an aromatic ring is 1.